The summed E-state index contributed by atoms with van der Waals surface area (Å²) >= 11 is 0. The highest BCUT2D eigenvalue weighted by atomic mass is 16.2. The number of carbonyl (C=O) groups is 1. The Hall–Kier alpha value is -1.95. The van der Waals surface area contributed by atoms with Crippen molar-refractivity contribution in [2.75, 3.05) is 26.2 Å². The zero-order valence-corrected chi connectivity index (χ0v) is 14.7. The fraction of sp³-hybridized carbons (Fsp3) is 0.611. The molecule has 1 atom stereocenters. The van der Waals surface area contributed by atoms with Gasteiger partial charge in [0.15, 0.2) is 5.65 Å². The highest BCUT2D eigenvalue weighted by Crippen LogP contribution is 2.26. The molecule has 4 rings (SSSR count). The third-order valence-electron chi connectivity index (χ3n) is 5.45. The normalized spacial score (nSPS) is 22.0. The molecule has 24 heavy (non-hydrogen) atoms. The number of nitrogens with zero attached hydrogens (tertiary/aromatic N) is 5. The summed E-state index contributed by atoms with van der Waals surface area (Å²) in [5, 5.41) is 5.36. The van der Waals surface area contributed by atoms with Gasteiger partial charge in [-0.15, -0.1) is 0 Å². The topological polar surface area (TPSA) is 54.3 Å². The number of hydrogen-bond donors (Lipinski definition) is 0. The first-order valence-corrected chi connectivity index (χ1v) is 8.89. The SMILES string of the molecule is Cc1cc(C(=O)N2CCN3CCCC[C@H]3C2)c2c(C)nn(C)c2n1. The van der Waals surface area contributed by atoms with Crippen LogP contribution in [-0.4, -0.2) is 62.7 Å². The largest absolute Gasteiger partial charge is 0.336 e. The van der Waals surface area contributed by atoms with Gasteiger partial charge < -0.3 is 4.90 Å². The summed E-state index contributed by atoms with van der Waals surface area (Å²) in [5.74, 6) is 0.131. The highest BCUT2D eigenvalue weighted by molar-refractivity contribution is 6.06. The molecule has 0 unspecified atom stereocenters. The molecule has 2 aromatic rings. The van der Waals surface area contributed by atoms with E-state index in [2.05, 4.69) is 15.0 Å². The van der Waals surface area contributed by atoms with Crippen LogP contribution in [0.25, 0.3) is 11.0 Å². The average molecular weight is 327 g/mol. The van der Waals surface area contributed by atoms with E-state index in [0.29, 0.717) is 6.04 Å². The monoisotopic (exact) mass is 327 g/mol. The van der Waals surface area contributed by atoms with Crippen LogP contribution in [0.4, 0.5) is 0 Å². The van der Waals surface area contributed by atoms with Gasteiger partial charge in [-0.25, -0.2) is 4.98 Å². The summed E-state index contributed by atoms with van der Waals surface area (Å²) in [6.07, 6.45) is 3.79. The van der Waals surface area contributed by atoms with Gasteiger partial charge in [0.1, 0.15) is 0 Å². The van der Waals surface area contributed by atoms with Crippen LogP contribution in [0.15, 0.2) is 6.07 Å². The molecule has 2 aliphatic rings. The number of hydrogen-bond acceptors (Lipinski definition) is 4. The van der Waals surface area contributed by atoms with E-state index in [0.717, 1.165) is 47.6 Å². The molecule has 6 nitrogen and oxygen atoms in total. The molecule has 0 spiro atoms. The van der Waals surface area contributed by atoms with Gasteiger partial charge in [0.25, 0.3) is 5.91 Å². The van der Waals surface area contributed by atoms with Crippen LogP contribution in [-0.2, 0) is 7.05 Å². The summed E-state index contributed by atoms with van der Waals surface area (Å²) < 4.78 is 1.77. The van der Waals surface area contributed by atoms with Crippen LogP contribution in [0.1, 0.15) is 41.0 Å². The molecule has 4 heterocycles. The Labute approximate surface area is 142 Å². The lowest BCUT2D eigenvalue weighted by molar-refractivity contribution is 0.0374. The number of fused-ring (bicyclic) bond motifs is 2. The van der Waals surface area contributed by atoms with E-state index in [9.17, 15) is 4.79 Å². The zero-order chi connectivity index (χ0) is 16.8. The van der Waals surface area contributed by atoms with Gasteiger partial charge in [-0.3, -0.25) is 14.4 Å². The zero-order valence-electron chi connectivity index (χ0n) is 14.7. The second kappa shape index (κ2) is 5.84. The lowest BCUT2D eigenvalue weighted by Gasteiger charge is -2.44. The molecular formula is C18H25N5O. The average Bonchev–Trinajstić information content (AvgIpc) is 2.87. The molecule has 0 aliphatic carbocycles. The molecule has 0 saturated carbocycles. The Morgan fingerprint density at radius 2 is 2.04 bits per heavy atom. The van der Waals surface area contributed by atoms with Gasteiger partial charge in [-0.2, -0.15) is 5.10 Å². The maximum absolute atomic E-state index is 13.2. The van der Waals surface area contributed by atoms with Crippen molar-refractivity contribution in [2.24, 2.45) is 7.05 Å². The second-order valence-corrected chi connectivity index (χ2v) is 7.16. The first-order valence-electron chi connectivity index (χ1n) is 8.89. The van der Waals surface area contributed by atoms with E-state index in [1.54, 1.807) is 4.68 Å². The number of amides is 1. The molecule has 2 aromatic heterocycles. The van der Waals surface area contributed by atoms with Crippen molar-refractivity contribution in [3.63, 3.8) is 0 Å². The van der Waals surface area contributed by atoms with Crippen LogP contribution in [0.2, 0.25) is 0 Å². The van der Waals surface area contributed by atoms with Crippen LogP contribution >= 0.6 is 0 Å². The van der Waals surface area contributed by atoms with Gasteiger partial charge in [0.05, 0.1) is 16.6 Å². The first-order chi connectivity index (χ1) is 11.5. The quantitative estimate of drug-likeness (QED) is 0.803. The number of pyridine rings is 1. The number of piperidine rings is 1. The van der Waals surface area contributed by atoms with Gasteiger partial charge in [0, 0.05) is 38.4 Å². The number of piperazine rings is 1. The van der Waals surface area contributed by atoms with E-state index in [1.807, 2.05) is 31.9 Å². The van der Waals surface area contributed by atoms with Gasteiger partial charge in [-0.1, -0.05) is 6.42 Å². The van der Waals surface area contributed by atoms with Gasteiger partial charge >= 0.3 is 0 Å². The van der Waals surface area contributed by atoms with Gasteiger partial charge in [-0.05, 0) is 39.3 Å². The molecule has 6 heteroatoms. The van der Waals surface area contributed by atoms with E-state index in [-0.39, 0.29) is 5.91 Å². The summed E-state index contributed by atoms with van der Waals surface area (Å²) in [7, 11) is 1.89. The molecule has 0 aromatic carbocycles. The third kappa shape index (κ3) is 2.49. The number of aryl methyl sites for hydroxylation is 3. The van der Waals surface area contributed by atoms with Crippen molar-refractivity contribution in [1.29, 1.82) is 0 Å². The van der Waals surface area contributed by atoms with Crippen LogP contribution in [0, 0.1) is 13.8 Å². The summed E-state index contributed by atoms with van der Waals surface area (Å²) in [4.78, 5) is 22.4. The Bertz CT molecular complexity index is 796. The molecule has 2 saturated heterocycles. The Balaban J connectivity index is 1.68. The van der Waals surface area contributed by atoms with E-state index >= 15 is 0 Å². The first kappa shape index (κ1) is 15.6. The Kier molecular flexibility index (Phi) is 3.79. The van der Waals surface area contributed by atoms with Crippen molar-refractivity contribution in [1.82, 2.24) is 24.6 Å². The molecule has 0 radical (unpaired) electrons. The minimum Gasteiger partial charge on any atom is -0.336 e. The Morgan fingerprint density at radius 3 is 2.88 bits per heavy atom. The lowest BCUT2D eigenvalue weighted by Crippen LogP contribution is -2.56. The summed E-state index contributed by atoms with van der Waals surface area (Å²) in [5.41, 5.74) is 3.30. The lowest BCUT2D eigenvalue weighted by atomic mass is 9.98. The number of carbonyl (C=O) groups excluding carboxylic acids is 1. The molecular weight excluding hydrogens is 302 g/mol. The molecule has 1 amide bonds. The molecule has 2 aliphatic heterocycles. The standard InChI is InChI=1S/C18H25N5O/c1-12-10-15(16-13(2)20-21(3)17(16)19-12)18(24)23-9-8-22-7-5-4-6-14(22)11-23/h10,14H,4-9,11H2,1-3H3/t14-/m0/s1. The summed E-state index contributed by atoms with van der Waals surface area (Å²) in [6, 6.07) is 2.46. The molecule has 2 fully saturated rings. The Morgan fingerprint density at radius 1 is 1.21 bits per heavy atom. The van der Waals surface area contributed by atoms with Crippen LogP contribution in [0.5, 0.6) is 0 Å². The van der Waals surface area contributed by atoms with Crippen LogP contribution < -0.4 is 0 Å². The molecule has 128 valence electrons. The minimum atomic E-state index is 0.131. The van der Waals surface area contributed by atoms with Crippen molar-refractivity contribution in [3.05, 3.63) is 23.0 Å². The van der Waals surface area contributed by atoms with E-state index in [4.69, 9.17) is 0 Å². The van der Waals surface area contributed by atoms with Crippen molar-refractivity contribution in [3.8, 4) is 0 Å². The summed E-state index contributed by atoms with van der Waals surface area (Å²) in [6.45, 7) is 7.74. The van der Waals surface area contributed by atoms with Crippen LogP contribution in [0.3, 0.4) is 0 Å². The predicted molar refractivity (Wildman–Crippen MR) is 93.1 cm³/mol. The number of rotatable bonds is 1. The minimum absolute atomic E-state index is 0.131. The maximum atomic E-state index is 13.2. The third-order valence-corrected chi connectivity index (χ3v) is 5.45. The van der Waals surface area contributed by atoms with E-state index in [1.165, 1.54) is 25.8 Å². The smallest absolute Gasteiger partial charge is 0.254 e. The second-order valence-electron chi connectivity index (χ2n) is 7.16. The molecule has 0 N–H and O–H groups in total. The fourth-order valence-corrected chi connectivity index (χ4v) is 4.25. The van der Waals surface area contributed by atoms with Crippen molar-refractivity contribution < 1.29 is 4.79 Å². The van der Waals surface area contributed by atoms with E-state index < -0.39 is 0 Å². The van der Waals surface area contributed by atoms with Crippen molar-refractivity contribution in [2.45, 2.75) is 39.2 Å². The molecule has 0 bridgehead atoms. The van der Waals surface area contributed by atoms with Gasteiger partial charge in [0.2, 0.25) is 0 Å². The number of aromatic nitrogens is 3. The van der Waals surface area contributed by atoms with Crippen molar-refractivity contribution >= 4 is 16.9 Å². The predicted octanol–water partition coefficient (Wildman–Crippen LogP) is 1.90. The fourth-order valence-electron chi connectivity index (χ4n) is 4.25. The highest BCUT2D eigenvalue weighted by Gasteiger charge is 2.32. The maximum Gasteiger partial charge on any atom is 0.254 e.